The second-order valence-corrected chi connectivity index (χ2v) is 3.78. The molecule has 1 aromatic rings. The molecule has 60 valence electrons. The molecule has 0 aliphatic heterocycles. The van der Waals surface area contributed by atoms with Gasteiger partial charge in [-0.3, -0.25) is 0 Å². The molecule has 0 N–H and O–H groups in total. The molecule has 1 aromatic carbocycles. The summed E-state index contributed by atoms with van der Waals surface area (Å²) in [4.78, 5) is 0. The molecule has 0 bridgehead atoms. The van der Waals surface area contributed by atoms with Gasteiger partial charge in [0.1, 0.15) is 0 Å². The number of rotatable bonds is 1. The van der Waals surface area contributed by atoms with Crippen LogP contribution in [0.5, 0.6) is 0 Å². The Hall–Kier alpha value is 0.570. The van der Waals surface area contributed by atoms with Gasteiger partial charge in [0, 0.05) is 10.4 Å². The van der Waals surface area contributed by atoms with Crippen molar-refractivity contribution >= 4 is 50.7 Å². The highest BCUT2D eigenvalue weighted by Crippen LogP contribution is 2.30. The number of hydrogen-bond acceptors (Lipinski definition) is 0. The Kier molecular flexibility index (Phi) is 3.51. The average Bonchev–Trinajstić information content (AvgIpc) is 1.96. The van der Waals surface area contributed by atoms with Crippen LogP contribution < -0.4 is 0 Å². The van der Waals surface area contributed by atoms with Crippen molar-refractivity contribution in [2.24, 2.45) is 0 Å². The molecule has 0 saturated carbocycles. The predicted molar refractivity (Wildman–Crippen MR) is 54.1 cm³/mol. The van der Waals surface area contributed by atoms with Gasteiger partial charge >= 0.3 is 0 Å². The third kappa shape index (κ3) is 2.25. The van der Waals surface area contributed by atoms with Crippen molar-refractivity contribution in [2.45, 2.75) is 5.33 Å². The van der Waals surface area contributed by atoms with Crippen molar-refractivity contribution in [3.05, 3.63) is 32.8 Å². The molecule has 1 rings (SSSR count). The van der Waals surface area contributed by atoms with E-state index in [9.17, 15) is 0 Å². The molecule has 0 aromatic heterocycles. The number of halogens is 4. The van der Waals surface area contributed by atoms with Crippen molar-refractivity contribution in [1.82, 2.24) is 0 Å². The van der Waals surface area contributed by atoms with E-state index in [1.54, 1.807) is 12.1 Å². The number of benzene rings is 1. The van der Waals surface area contributed by atoms with Crippen LogP contribution in [-0.4, -0.2) is 0 Å². The van der Waals surface area contributed by atoms with Crippen LogP contribution in [0.2, 0.25) is 15.1 Å². The van der Waals surface area contributed by atoms with E-state index >= 15 is 0 Å². The maximum absolute atomic E-state index is 5.84. The lowest BCUT2D eigenvalue weighted by Crippen LogP contribution is -1.80. The Morgan fingerprint density at radius 3 is 2.36 bits per heavy atom. The minimum Gasteiger partial charge on any atom is -0.0876 e. The van der Waals surface area contributed by atoms with E-state index in [0.29, 0.717) is 20.4 Å². The minimum absolute atomic E-state index is 0.494. The van der Waals surface area contributed by atoms with Crippen LogP contribution in [0.25, 0.3) is 0 Å². The van der Waals surface area contributed by atoms with Gasteiger partial charge in [-0.25, -0.2) is 0 Å². The molecule has 4 heteroatoms. The van der Waals surface area contributed by atoms with E-state index in [-0.39, 0.29) is 0 Å². The van der Waals surface area contributed by atoms with Crippen molar-refractivity contribution in [1.29, 1.82) is 0 Å². The summed E-state index contributed by atoms with van der Waals surface area (Å²) in [5.74, 6) is 0. The van der Waals surface area contributed by atoms with Crippen molar-refractivity contribution in [3.8, 4) is 0 Å². The molecule has 0 aliphatic carbocycles. The fraction of sp³-hybridized carbons (Fsp3) is 0.143. The summed E-state index contributed by atoms with van der Waals surface area (Å²) in [5.41, 5.74) is 0.907. The van der Waals surface area contributed by atoms with Gasteiger partial charge in [-0.15, -0.1) is 0 Å². The lowest BCUT2D eigenvalue weighted by molar-refractivity contribution is 1.44. The van der Waals surface area contributed by atoms with E-state index in [1.165, 1.54) is 0 Å². The SMILES string of the molecule is Clc1cc(Cl)c(Cl)c(CBr)c1. The molecule has 0 atom stereocenters. The third-order valence-corrected chi connectivity index (χ3v) is 2.88. The summed E-state index contributed by atoms with van der Waals surface area (Å²) in [6.45, 7) is 0. The lowest BCUT2D eigenvalue weighted by atomic mass is 10.2. The Morgan fingerprint density at radius 1 is 1.18 bits per heavy atom. The molecule has 0 spiro atoms. The molecule has 11 heavy (non-hydrogen) atoms. The van der Waals surface area contributed by atoms with Crippen LogP contribution in [0.1, 0.15) is 5.56 Å². The van der Waals surface area contributed by atoms with Gasteiger partial charge in [0.25, 0.3) is 0 Å². The molecule has 0 amide bonds. The average molecular weight is 274 g/mol. The second kappa shape index (κ2) is 3.99. The highest BCUT2D eigenvalue weighted by molar-refractivity contribution is 9.08. The first-order chi connectivity index (χ1) is 5.15. The first-order valence-corrected chi connectivity index (χ1v) is 5.10. The molecule has 0 fully saturated rings. The number of alkyl halides is 1. The standard InChI is InChI=1S/C7H4BrCl3/c8-3-4-1-5(9)2-6(10)7(4)11/h1-2H,3H2. The zero-order valence-electron chi connectivity index (χ0n) is 5.37. The van der Waals surface area contributed by atoms with Crippen LogP contribution >= 0.6 is 50.7 Å². The zero-order valence-corrected chi connectivity index (χ0v) is 9.23. The smallest absolute Gasteiger partial charge is 0.0633 e. The Labute approximate surface area is 88.6 Å². The zero-order chi connectivity index (χ0) is 8.43. The Balaban J connectivity index is 3.24. The minimum atomic E-state index is 0.494. The highest BCUT2D eigenvalue weighted by Gasteiger charge is 2.04. The summed E-state index contributed by atoms with van der Waals surface area (Å²) >= 11 is 20.6. The quantitative estimate of drug-likeness (QED) is 0.521. The first-order valence-electron chi connectivity index (χ1n) is 2.84. The Morgan fingerprint density at radius 2 is 1.82 bits per heavy atom. The summed E-state index contributed by atoms with van der Waals surface area (Å²) in [7, 11) is 0. The van der Waals surface area contributed by atoms with E-state index in [0.717, 1.165) is 5.56 Å². The maximum Gasteiger partial charge on any atom is 0.0633 e. The fourth-order valence-corrected chi connectivity index (χ4v) is 2.02. The predicted octanol–water partition coefficient (Wildman–Crippen LogP) is 4.54. The second-order valence-electron chi connectivity index (χ2n) is 1.99. The molecule has 0 aliphatic rings. The molecule has 0 nitrogen and oxygen atoms in total. The van der Waals surface area contributed by atoms with E-state index < -0.39 is 0 Å². The van der Waals surface area contributed by atoms with Crippen LogP contribution in [0.3, 0.4) is 0 Å². The summed E-state index contributed by atoms with van der Waals surface area (Å²) < 4.78 is 0. The van der Waals surface area contributed by atoms with E-state index in [1.807, 2.05) is 0 Å². The van der Waals surface area contributed by atoms with E-state index in [2.05, 4.69) is 15.9 Å². The largest absolute Gasteiger partial charge is 0.0876 e. The van der Waals surface area contributed by atoms with Gasteiger partial charge in [0.05, 0.1) is 10.0 Å². The maximum atomic E-state index is 5.84. The van der Waals surface area contributed by atoms with Crippen molar-refractivity contribution < 1.29 is 0 Å². The molecular weight excluding hydrogens is 270 g/mol. The molecule has 0 heterocycles. The Bertz CT molecular complexity index is 273. The third-order valence-electron chi connectivity index (χ3n) is 1.21. The molecule has 0 unspecified atom stereocenters. The van der Waals surface area contributed by atoms with Gasteiger partial charge in [-0.1, -0.05) is 50.7 Å². The van der Waals surface area contributed by atoms with Crippen LogP contribution in [0.15, 0.2) is 12.1 Å². The first kappa shape index (κ1) is 9.66. The summed E-state index contributed by atoms with van der Waals surface area (Å²) in [6.07, 6.45) is 0. The molecular formula is C7H4BrCl3. The van der Waals surface area contributed by atoms with Crippen molar-refractivity contribution in [2.75, 3.05) is 0 Å². The highest BCUT2D eigenvalue weighted by atomic mass is 79.9. The monoisotopic (exact) mass is 272 g/mol. The lowest BCUT2D eigenvalue weighted by Gasteiger charge is -2.02. The van der Waals surface area contributed by atoms with Crippen LogP contribution in [0.4, 0.5) is 0 Å². The molecule has 0 saturated heterocycles. The summed E-state index contributed by atoms with van der Waals surface area (Å²) in [5, 5.41) is 2.32. The van der Waals surface area contributed by atoms with Gasteiger partial charge in [0.2, 0.25) is 0 Å². The van der Waals surface area contributed by atoms with Crippen molar-refractivity contribution in [3.63, 3.8) is 0 Å². The van der Waals surface area contributed by atoms with Gasteiger partial charge in [-0.05, 0) is 17.7 Å². The van der Waals surface area contributed by atoms with Gasteiger partial charge in [0.15, 0.2) is 0 Å². The van der Waals surface area contributed by atoms with Crippen LogP contribution in [-0.2, 0) is 5.33 Å². The van der Waals surface area contributed by atoms with Crippen LogP contribution in [0, 0.1) is 0 Å². The van der Waals surface area contributed by atoms with E-state index in [4.69, 9.17) is 34.8 Å². The molecule has 0 radical (unpaired) electrons. The summed E-state index contributed by atoms with van der Waals surface area (Å²) in [6, 6.07) is 3.40. The fourth-order valence-electron chi connectivity index (χ4n) is 0.707. The normalized spacial score (nSPS) is 10.2. The topological polar surface area (TPSA) is 0 Å². The van der Waals surface area contributed by atoms with Gasteiger partial charge in [-0.2, -0.15) is 0 Å². The van der Waals surface area contributed by atoms with Gasteiger partial charge < -0.3 is 0 Å². The number of hydrogen-bond donors (Lipinski definition) is 0.